The number of benzene rings is 1. The van der Waals surface area contributed by atoms with Crippen LogP contribution in [0.2, 0.25) is 0 Å². The topological polar surface area (TPSA) is 79.5 Å². The molecule has 0 aromatic heterocycles. The first-order valence-corrected chi connectivity index (χ1v) is 7.95. The third kappa shape index (κ3) is 4.53. The summed E-state index contributed by atoms with van der Waals surface area (Å²) < 4.78 is 6.39. The molecule has 0 unspecified atom stereocenters. The van der Waals surface area contributed by atoms with Gasteiger partial charge < -0.3 is 20.7 Å². The summed E-state index contributed by atoms with van der Waals surface area (Å²) in [5.41, 5.74) is 1.73. The van der Waals surface area contributed by atoms with Crippen molar-refractivity contribution >= 4 is 33.4 Å². The normalized spacial score (nSPS) is 21.2. The van der Waals surface area contributed by atoms with Crippen LogP contribution >= 0.6 is 15.9 Å². The molecule has 22 heavy (non-hydrogen) atoms. The fourth-order valence-electron chi connectivity index (χ4n) is 2.23. The zero-order valence-corrected chi connectivity index (χ0v) is 14.2. The van der Waals surface area contributed by atoms with Crippen LogP contribution in [0, 0.1) is 6.92 Å². The molecule has 1 fully saturated rings. The van der Waals surface area contributed by atoms with Crippen LogP contribution in [0.4, 0.5) is 5.69 Å². The van der Waals surface area contributed by atoms with Crippen LogP contribution in [-0.2, 0) is 14.3 Å². The van der Waals surface area contributed by atoms with E-state index in [-0.39, 0.29) is 24.5 Å². The largest absolute Gasteiger partial charge is 0.375 e. The summed E-state index contributed by atoms with van der Waals surface area (Å²) in [5, 5.41) is 8.46. The van der Waals surface area contributed by atoms with Crippen molar-refractivity contribution in [2.45, 2.75) is 26.0 Å². The highest BCUT2D eigenvalue weighted by molar-refractivity contribution is 9.10. The Morgan fingerprint density at radius 2 is 2.23 bits per heavy atom. The van der Waals surface area contributed by atoms with Crippen molar-refractivity contribution < 1.29 is 14.3 Å². The minimum Gasteiger partial charge on any atom is -0.375 e. The summed E-state index contributed by atoms with van der Waals surface area (Å²) in [5.74, 6) is -0.492. The summed E-state index contributed by atoms with van der Waals surface area (Å²) in [6.45, 7) is 4.93. The lowest BCUT2D eigenvalue weighted by Gasteiger charge is -2.29. The van der Waals surface area contributed by atoms with Gasteiger partial charge in [0.25, 0.3) is 0 Å². The molecular weight excluding hydrogens is 350 g/mol. The molecule has 1 aromatic carbocycles. The van der Waals surface area contributed by atoms with Gasteiger partial charge in [-0.25, -0.2) is 0 Å². The van der Waals surface area contributed by atoms with E-state index in [9.17, 15) is 9.59 Å². The Labute approximate surface area is 138 Å². The fourth-order valence-corrected chi connectivity index (χ4v) is 2.48. The Morgan fingerprint density at radius 3 is 2.91 bits per heavy atom. The Hall–Kier alpha value is -1.44. The molecule has 2 atom stereocenters. The van der Waals surface area contributed by atoms with Gasteiger partial charge in [0.15, 0.2) is 0 Å². The molecule has 2 rings (SSSR count). The van der Waals surface area contributed by atoms with Crippen LogP contribution in [0.25, 0.3) is 0 Å². The van der Waals surface area contributed by atoms with E-state index in [1.54, 1.807) is 6.07 Å². The van der Waals surface area contributed by atoms with Gasteiger partial charge in [0.1, 0.15) is 6.04 Å². The predicted octanol–water partition coefficient (Wildman–Crippen LogP) is 1.19. The second-order valence-corrected chi connectivity index (χ2v) is 6.09. The Balaban J connectivity index is 1.82. The lowest BCUT2D eigenvalue weighted by Crippen LogP contribution is -2.56. The van der Waals surface area contributed by atoms with E-state index in [1.807, 2.05) is 26.0 Å². The number of aryl methyl sites for hydroxylation is 1. The van der Waals surface area contributed by atoms with E-state index in [4.69, 9.17) is 4.74 Å². The van der Waals surface area contributed by atoms with Crippen LogP contribution in [-0.4, -0.2) is 43.7 Å². The third-order valence-corrected chi connectivity index (χ3v) is 4.35. The maximum Gasteiger partial charge on any atom is 0.243 e. The number of rotatable bonds is 4. The molecule has 3 N–H and O–H groups in total. The zero-order valence-electron chi connectivity index (χ0n) is 12.6. The molecule has 0 spiro atoms. The average Bonchev–Trinajstić information content (AvgIpc) is 2.49. The molecule has 1 aromatic rings. The zero-order chi connectivity index (χ0) is 16.1. The summed E-state index contributed by atoms with van der Waals surface area (Å²) >= 11 is 3.41. The van der Waals surface area contributed by atoms with Crippen LogP contribution < -0.4 is 16.0 Å². The van der Waals surface area contributed by atoms with E-state index in [0.717, 1.165) is 10.0 Å². The van der Waals surface area contributed by atoms with Gasteiger partial charge >= 0.3 is 0 Å². The summed E-state index contributed by atoms with van der Waals surface area (Å²) in [6.07, 6.45) is -0.203. The van der Waals surface area contributed by atoms with Gasteiger partial charge in [0, 0.05) is 16.7 Å². The van der Waals surface area contributed by atoms with E-state index in [1.165, 1.54) is 0 Å². The van der Waals surface area contributed by atoms with Gasteiger partial charge in [0.2, 0.25) is 11.8 Å². The first kappa shape index (κ1) is 16.9. The van der Waals surface area contributed by atoms with Crippen LogP contribution in [0.5, 0.6) is 0 Å². The lowest BCUT2D eigenvalue weighted by molar-refractivity contribution is -0.130. The van der Waals surface area contributed by atoms with Gasteiger partial charge in [-0.15, -0.1) is 0 Å². The molecule has 6 nitrogen and oxygen atoms in total. The molecule has 7 heteroatoms. The number of morpholine rings is 1. The molecule has 1 heterocycles. The van der Waals surface area contributed by atoms with Gasteiger partial charge in [-0.05, 0) is 37.6 Å². The van der Waals surface area contributed by atoms with E-state index >= 15 is 0 Å². The number of hydrogen-bond donors (Lipinski definition) is 3. The molecule has 0 aliphatic carbocycles. The first-order chi connectivity index (χ1) is 10.5. The summed E-state index contributed by atoms with van der Waals surface area (Å²) in [6, 6.07) is 5.11. The Morgan fingerprint density at radius 1 is 1.45 bits per heavy atom. The number of hydrogen-bond acceptors (Lipinski definition) is 4. The average molecular weight is 370 g/mol. The number of nitrogens with one attached hydrogen (secondary N) is 3. The van der Waals surface area contributed by atoms with Crippen LogP contribution in [0.15, 0.2) is 22.7 Å². The minimum atomic E-state index is -0.420. The van der Waals surface area contributed by atoms with Crippen molar-refractivity contribution in [2.24, 2.45) is 0 Å². The number of anilines is 1. The number of carbonyl (C=O) groups is 2. The van der Waals surface area contributed by atoms with E-state index < -0.39 is 6.04 Å². The highest BCUT2D eigenvalue weighted by Gasteiger charge is 2.28. The van der Waals surface area contributed by atoms with Crippen molar-refractivity contribution in [2.75, 3.05) is 25.0 Å². The number of ether oxygens (including phenoxy) is 1. The van der Waals surface area contributed by atoms with E-state index in [2.05, 4.69) is 31.9 Å². The Kier molecular flexibility index (Phi) is 5.93. The summed E-state index contributed by atoms with van der Waals surface area (Å²) in [7, 11) is 0. The summed E-state index contributed by atoms with van der Waals surface area (Å²) in [4.78, 5) is 23.9. The SMILES string of the molecule is Cc1cc(NC(=O)CNC(=O)[C@H]2NCCO[C@@H]2C)ccc1Br. The second-order valence-electron chi connectivity index (χ2n) is 5.24. The number of halogens is 1. The van der Waals surface area contributed by atoms with Crippen molar-refractivity contribution in [3.63, 3.8) is 0 Å². The first-order valence-electron chi connectivity index (χ1n) is 7.16. The molecule has 1 aliphatic rings. The lowest BCUT2D eigenvalue weighted by atomic mass is 10.1. The molecule has 0 bridgehead atoms. The highest BCUT2D eigenvalue weighted by atomic mass is 79.9. The number of amides is 2. The molecule has 1 aliphatic heterocycles. The standard InChI is InChI=1S/C15H20BrN3O3/c1-9-7-11(3-4-12(9)16)19-13(20)8-18-15(21)14-10(2)22-6-5-17-14/h3-4,7,10,14,17H,5-6,8H2,1-2H3,(H,18,21)(H,19,20)/t10-,14+/m1/s1. The van der Waals surface area contributed by atoms with E-state index in [0.29, 0.717) is 18.8 Å². The maximum atomic E-state index is 12.0. The quantitative estimate of drug-likeness (QED) is 0.744. The van der Waals surface area contributed by atoms with Crippen molar-refractivity contribution in [3.8, 4) is 0 Å². The molecule has 120 valence electrons. The third-order valence-electron chi connectivity index (χ3n) is 3.46. The molecule has 0 saturated carbocycles. The van der Waals surface area contributed by atoms with Gasteiger partial charge in [-0.2, -0.15) is 0 Å². The molecular formula is C15H20BrN3O3. The van der Waals surface area contributed by atoms with Gasteiger partial charge in [-0.1, -0.05) is 15.9 Å². The maximum absolute atomic E-state index is 12.0. The molecule has 2 amide bonds. The van der Waals surface area contributed by atoms with Gasteiger partial charge in [0.05, 0.1) is 19.3 Å². The highest BCUT2D eigenvalue weighted by Crippen LogP contribution is 2.19. The van der Waals surface area contributed by atoms with Crippen molar-refractivity contribution in [1.29, 1.82) is 0 Å². The molecule has 0 radical (unpaired) electrons. The Bertz CT molecular complexity index is 565. The smallest absolute Gasteiger partial charge is 0.243 e. The minimum absolute atomic E-state index is 0.0706. The van der Waals surface area contributed by atoms with Crippen molar-refractivity contribution in [3.05, 3.63) is 28.2 Å². The number of carbonyl (C=O) groups excluding carboxylic acids is 2. The van der Waals surface area contributed by atoms with Crippen LogP contribution in [0.1, 0.15) is 12.5 Å². The monoisotopic (exact) mass is 369 g/mol. The fraction of sp³-hybridized carbons (Fsp3) is 0.467. The van der Waals surface area contributed by atoms with Crippen molar-refractivity contribution in [1.82, 2.24) is 10.6 Å². The molecule has 1 saturated heterocycles. The van der Waals surface area contributed by atoms with Crippen LogP contribution in [0.3, 0.4) is 0 Å². The van der Waals surface area contributed by atoms with Gasteiger partial charge in [-0.3, -0.25) is 9.59 Å². The second kappa shape index (κ2) is 7.71. The predicted molar refractivity (Wildman–Crippen MR) is 87.7 cm³/mol.